The molecule has 2 unspecified atom stereocenters. The molecule has 2 rings (SSSR count). The van der Waals surface area contributed by atoms with Gasteiger partial charge in [0.1, 0.15) is 5.60 Å². The molecule has 2 bridgehead atoms. The maximum Gasteiger partial charge on any atom is 0.410 e. The number of fused-ring (bicyclic) bond motifs is 2. The van der Waals surface area contributed by atoms with Crippen molar-refractivity contribution < 1.29 is 14.3 Å². The van der Waals surface area contributed by atoms with Crippen LogP contribution in [0.3, 0.4) is 0 Å². The van der Waals surface area contributed by atoms with Crippen LogP contribution in [0.2, 0.25) is 0 Å². The zero-order chi connectivity index (χ0) is 12.5. The Balaban J connectivity index is 1.94. The molecule has 2 fully saturated rings. The molecule has 98 valence electrons. The van der Waals surface area contributed by atoms with Crippen LogP contribution >= 0.6 is 0 Å². The van der Waals surface area contributed by atoms with Gasteiger partial charge in [0, 0.05) is 25.2 Å². The van der Waals surface area contributed by atoms with Crippen molar-refractivity contribution in [3.05, 3.63) is 0 Å². The van der Waals surface area contributed by atoms with Crippen molar-refractivity contribution in [2.75, 3.05) is 26.3 Å². The number of ether oxygens (including phenoxy) is 2. The minimum absolute atomic E-state index is 0.216. The minimum atomic E-state index is -0.428. The lowest BCUT2D eigenvalue weighted by molar-refractivity contribution is 0.0204. The molecule has 0 radical (unpaired) electrons. The van der Waals surface area contributed by atoms with Crippen molar-refractivity contribution >= 4 is 6.09 Å². The van der Waals surface area contributed by atoms with E-state index in [2.05, 4.69) is 5.32 Å². The Hall–Kier alpha value is -0.810. The third kappa shape index (κ3) is 3.57. The van der Waals surface area contributed by atoms with Crippen molar-refractivity contribution in [1.82, 2.24) is 10.2 Å². The highest BCUT2D eigenvalue weighted by molar-refractivity contribution is 5.68. The number of carbonyl (C=O) groups excluding carboxylic acids is 1. The lowest BCUT2D eigenvalue weighted by atomic mass is 10.2. The summed E-state index contributed by atoms with van der Waals surface area (Å²) in [7, 11) is 0. The minimum Gasteiger partial charge on any atom is -0.444 e. The largest absolute Gasteiger partial charge is 0.444 e. The normalized spacial score (nSPS) is 29.7. The van der Waals surface area contributed by atoms with E-state index in [1.54, 1.807) is 4.90 Å². The smallest absolute Gasteiger partial charge is 0.410 e. The number of nitrogens with one attached hydrogen (secondary N) is 1. The third-order valence-electron chi connectivity index (χ3n) is 2.95. The maximum absolute atomic E-state index is 12.0. The average Bonchev–Trinajstić information content (AvgIpc) is 2.35. The van der Waals surface area contributed by atoms with E-state index in [4.69, 9.17) is 9.47 Å². The second-order valence-electron chi connectivity index (χ2n) is 5.81. The Morgan fingerprint density at radius 2 is 2.06 bits per heavy atom. The Bertz CT molecular complexity index is 288. The molecule has 0 spiro atoms. The zero-order valence-corrected chi connectivity index (χ0v) is 10.9. The third-order valence-corrected chi connectivity index (χ3v) is 2.95. The summed E-state index contributed by atoms with van der Waals surface area (Å²) in [6, 6.07) is 0.616. The van der Waals surface area contributed by atoms with Gasteiger partial charge in [-0.1, -0.05) is 0 Å². The van der Waals surface area contributed by atoms with Gasteiger partial charge < -0.3 is 19.7 Å². The number of morpholine rings is 1. The molecule has 0 saturated carbocycles. The molecule has 0 aromatic carbocycles. The molecule has 5 heteroatoms. The lowest BCUT2D eigenvalue weighted by Crippen LogP contribution is -2.50. The number of rotatable bonds is 0. The molecule has 1 amide bonds. The topological polar surface area (TPSA) is 50.8 Å². The fraction of sp³-hybridized carbons (Fsp3) is 0.917. The van der Waals surface area contributed by atoms with Crippen molar-refractivity contribution in [2.45, 2.75) is 44.9 Å². The number of carbonyl (C=O) groups is 1. The SMILES string of the molecule is CC(C)(C)OC(=O)N1CCC2COCC(C1)N2. The van der Waals surface area contributed by atoms with Crippen molar-refractivity contribution in [3.8, 4) is 0 Å². The van der Waals surface area contributed by atoms with E-state index in [-0.39, 0.29) is 12.1 Å². The van der Waals surface area contributed by atoms with Gasteiger partial charge in [-0.15, -0.1) is 0 Å². The predicted octanol–water partition coefficient (Wildman–Crippen LogP) is 0.984. The first-order chi connectivity index (χ1) is 7.94. The van der Waals surface area contributed by atoms with Crippen LogP contribution in [0.15, 0.2) is 0 Å². The van der Waals surface area contributed by atoms with Crippen LogP contribution in [0.25, 0.3) is 0 Å². The number of hydrogen-bond donors (Lipinski definition) is 1. The fourth-order valence-electron chi connectivity index (χ4n) is 2.22. The van der Waals surface area contributed by atoms with Crippen LogP contribution in [0.1, 0.15) is 27.2 Å². The van der Waals surface area contributed by atoms with E-state index in [0.717, 1.165) is 19.6 Å². The summed E-state index contributed by atoms with van der Waals surface area (Å²) in [5.41, 5.74) is -0.428. The molecule has 2 aliphatic heterocycles. The summed E-state index contributed by atoms with van der Waals surface area (Å²) in [5, 5.41) is 3.49. The first-order valence-corrected chi connectivity index (χ1v) is 6.26. The molecule has 2 heterocycles. The van der Waals surface area contributed by atoms with E-state index in [0.29, 0.717) is 19.2 Å². The summed E-state index contributed by atoms with van der Waals surface area (Å²) in [6.45, 7) is 8.51. The second-order valence-corrected chi connectivity index (χ2v) is 5.81. The maximum atomic E-state index is 12.0. The number of nitrogens with zero attached hydrogens (tertiary/aromatic N) is 1. The second kappa shape index (κ2) is 4.82. The van der Waals surface area contributed by atoms with Crippen LogP contribution in [-0.2, 0) is 9.47 Å². The number of amides is 1. The Kier molecular flexibility index (Phi) is 3.58. The number of hydrogen-bond acceptors (Lipinski definition) is 4. The molecule has 17 heavy (non-hydrogen) atoms. The standard InChI is InChI=1S/C12H22N2O3/c1-12(2,3)17-11(15)14-5-4-9-7-16-8-10(6-14)13-9/h9-10,13H,4-8H2,1-3H3. The van der Waals surface area contributed by atoms with Gasteiger partial charge in [0.25, 0.3) is 0 Å². The average molecular weight is 242 g/mol. The lowest BCUT2D eigenvalue weighted by Gasteiger charge is -2.30. The Morgan fingerprint density at radius 3 is 2.76 bits per heavy atom. The molecule has 2 aliphatic rings. The quantitative estimate of drug-likeness (QED) is 0.688. The molecule has 2 saturated heterocycles. The predicted molar refractivity (Wildman–Crippen MR) is 64.0 cm³/mol. The Morgan fingerprint density at radius 1 is 1.35 bits per heavy atom. The molecule has 0 aromatic rings. The van der Waals surface area contributed by atoms with Gasteiger partial charge >= 0.3 is 6.09 Å². The molecule has 0 aromatic heterocycles. The highest BCUT2D eigenvalue weighted by Crippen LogP contribution is 2.15. The Labute approximate surface area is 102 Å². The van der Waals surface area contributed by atoms with Crippen LogP contribution in [0, 0.1) is 0 Å². The van der Waals surface area contributed by atoms with E-state index in [1.165, 1.54) is 0 Å². The summed E-state index contributed by atoms with van der Waals surface area (Å²) in [4.78, 5) is 13.8. The highest BCUT2D eigenvalue weighted by atomic mass is 16.6. The van der Waals surface area contributed by atoms with Crippen LogP contribution in [0.4, 0.5) is 4.79 Å². The van der Waals surface area contributed by atoms with E-state index < -0.39 is 5.60 Å². The van der Waals surface area contributed by atoms with Gasteiger partial charge in [0.15, 0.2) is 0 Å². The van der Waals surface area contributed by atoms with Gasteiger partial charge in [-0.2, -0.15) is 0 Å². The van der Waals surface area contributed by atoms with Crippen LogP contribution < -0.4 is 5.32 Å². The van der Waals surface area contributed by atoms with Crippen LogP contribution in [-0.4, -0.2) is 55.0 Å². The van der Waals surface area contributed by atoms with Gasteiger partial charge in [-0.3, -0.25) is 0 Å². The van der Waals surface area contributed by atoms with Crippen molar-refractivity contribution in [2.24, 2.45) is 0 Å². The molecular weight excluding hydrogens is 220 g/mol. The van der Waals surface area contributed by atoms with Crippen molar-refractivity contribution in [1.29, 1.82) is 0 Å². The summed E-state index contributed by atoms with van der Waals surface area (Å²) < 4.78 is 10.9. The van der Waals surface area contributed by atoms with Crippen LogP contribution in [0.5, 0.6) is 0 Å². The molecule has 1 N–H and O–H groups in total. The first kappa shape index (κ1) is 12.6. The molecule has 5 nitrogen and oxygen atoms in total. The molecular formula is C12H22N2O3. The first-order valence-electron chi connectivity index (χ1n) is 6.26. The van der Waals surface area contributed by atoms with E-state index >= 15 is 0 Å². The molecule has 0 aliphatic carbocycles. The highest BCUT2D eigenvalue weighted by Gasteiger charge is 2.31. The zero-order valence-electron chi connectivity index (χ0n) is 10.9. The van der Waals surface area contributed by atoms with Gasteiger partial charge in [-0.25, -0.2) is 4.79 Å². The van der Waals surface area contributed by atoms with Gasteiger partial charge in [0.05, 0.1) is 13.2 Å². The summed E-state index contributed by atoms with van der Waals surface area (Å²) in [5.74, 6) is 0. The van der Waals surface area contributed by atoms with Gasteiger partial charge in [0.2, 0.25) is 0 Å². The monoisotopic (exact) mass is 242 g/mol. The van der Waals surface area contributed by atoms with Crippen molar-refractivity contribution in [3.63, 3.8) is 0 Å². The molecule has 2 atom stereocenters. The summed E-state index contributed by atoms with van der Waals surface area (Å²) in [6.07, 6.45) is 0.710. The van der Waals surface area contributed by atoms with Gasteiger partial charge in [-0.05, 0) is 27.2 Å². The summed E-state index contributed by atoms with van der Waals surface area (Å²) >= 11 is 0. The fourth-order valence-corrected chi connectivity index (χ4v) is 2.22. The van der Waals surface area contributed by atoms with E-state index in [1.807, 2.05) is 20.8 Å². The van der Waals surface area contributed by atoms with E-state index in [9.17, 15) is 4.79 Å².